The molecule has 1 aliphatic carbocycles. The second kappa shape index (κ2) is 6.26. The van der Waals surface area contributed by atoms with Crippen LogP contribution < -0.4 is 5.32 Å². The Labute approximate surface area is 124 Å². The zero-order chi connectivity index (χ0) is 14.7. The third kappa shape index (κ3) is 3.82. The molecule has 2 fully saturated rings. The fourth-order valence-electron chi connectivity index (χ4n) is 2.58. The number of amides is 3. The van der Waals surface area contributed by atoms with Crippen LogP contribution in [-0.4, -0.2) is 47.9 Å². The predicted octanol–water partition coefficient (Wildman–Crippen LogP) is 1.45. The first-order valence-corrected chi connectivity index (χ1v) is 7.58. The number of hydrogen-bond acceptors (Lipinski definition) is 3. The van der Waals surface area contributed by atoms with Crippen molar-refractivity contribution in [3.63, 3.8) is 0 Å². The molecular weight excluding hydrogens is 266 g/mol. The monoisotopic (exact) mass is 287 g/mol. The lowest BCUT2D eigenvalue weighted by molar-refractivity contribution is -0.121. The van der Waals surface area contributed by atoms with E-state index in [1.165, 1.54) is 5.56 Å². The highest BCUT2D eigenvalue weighted by molar-refractivity contribution is 5.96. The summed E-state index contributed by atoms with van der Waals surface area (Å²) in [5.74, 6) is -0.0277. The molecule has 2 aliphatic rings. The lowest BCUT2D eigenvalue weighted by Gasteiger charge is -2.34. The first kappa shape index (κ1) is 14.1. The number of urea groups is 1. The van der Waals surface area contributed by atoms with Gasteiger partial charge in [0.15, 0.2) is 0 Å². The van der Waals surface area contributed by atoms with Crippen LogP contribution in [0.2, 0.25) is 0 Å². The van der Waals surface area contributed by atoms with E-state index in [9.17, 15) is 9.59 Å². The number of piperazine rings is 1. The summed E-state index contributed by atoms with van der Waals surface area (Å²) in [6.45, 7) is 3.96. The SMILES string of the molecule is O=C(NC(=O)N1CCN(Cc2ccccc2)CC1)C1CC1. The number of rotatable bonds is 3. The maximum Gasteiger partial charge on any atom is 0.324 e. The van der Waals surface area contributed by atoms with Crippen molar-refractivity contribution in [3.8, 4) is 0 Å². The van der Waals surface area contributed by atoms with Crippen molar-refractivity contribution in [1.29, 1.82) is 0 Å². The average molecular weight is 287 g/mol. The van der Waals surface area contributed by atoms with Crippen molar-refractivity contribution in [2.75, 3.05) is 26.2 Å². The quantitative estimate of drug-likeness (QED) is 0.915. The van der Waals surface area contributed by atoms with Crippen LogP contribution in [0.1, 0.15) is 18.4 Å². The van der Waals surface area contributed by atoms with Crippen LogP contribution >= 0.6 is 0 Å². The van der Waals surface area contributed by atoms with E-state index in [2.05, 4.69) is 22.3 Å². The third-order valence-corrected chi connectivity index (χ3v) is 4.09. The van der Waals surface area contributed by atoms with Gasteiger partial charge in [0, 0.05) is 38.6 Å². The number of nitrogens with zero attached hydrogens (tertiary/aromatic N) is 2. The van der Waals surface area contributed by atoms with Crippen molar-refractivity contribution >= 4 is 11.9 Å². The van der Waals surface area contributed by atoms with E-state index in [4.69, 9.17) is 0 Å². The summed E-state index contributed by atoms with van der Waals surface area (Å²) in [7, 11) is 0. The first-order chi connectivity index (χ1) is 10.2. The van der Waals surface area contributed by atoms with Crippen molar-refractivity contribution in [1.82, 2.24) is 15.1 Å². The van der Waals surface area contributed by atoms with E-state index in [0.717, 1.165) is 32.5 Å². The van der Waals surface area contributed by atoms with E-state index in [0.29, 0.717) is 13.1 Å². The van der Waals surface area contributed by atoms with E-state index in [1.807, 2.05) is 18.2 Å². The molecule has 1 aliphatic heterocycles. The van der Waals surface area contributed by atoms with Crippen LogP contribution in [-0.2, 0) is 11.3 Å². The number of benzene rings is 1. The van der Waals surface area contributed by atoms with Crippen molar-refractivity contribution in [2.45, 2.75) is 19.4 Å². The van der Waals surface area contributed by atoms with Gasteiger partial charge in [0.2, 0.25) is 5.91 Å². The van der Waals surface area contributed by atoms with Crippen molar-refractivity contribution in [2.24, 2.45) is 5.92 Å². The molecule has 1 heterocycles. The average Bonchev–Trinajstić information content (AvgIpc) is 3.33. The number of nitrogens with one attached hydrogen (secondary N) is 1. The zero-order valence-corrected chi connectivity index (χ0v) is 12.1. The summed E-state index contributed by atoms with van der Waals surface area (Å²) in [5, 5.41) is 2.51. The Kier molecular flexibility index (Phi) is 4.20. The smallest absolute Gasteiger partial charge is 0.322 e. The fourth-order valence-corrected chi connectivity index (χ4v) is 2.58. The van der Waals surface area contributed by atoms with Gasteiger partial charge in [-0.15, -0.1) is 0 Å². The number of hydrogen-bond donors (Lipinski definition) is 1. The van der Waals surface area contributed by atoms with E-state index in [-0.39, 0.29) is 17.9 Å². The predicted molar refractivity (Wildman–Crippen MR) is 79.6 cm³/mol. The molecule has 3 amide bonds. The molecule has 1 aromatic rings. The lowest BCUT2D eigenvalue weighted by Crippen LogP contribution is -2.52. The van der Waals surface area contributed by atoms with Crippen LogP contribution in [0.15, 0.2) is 30.3 Å². The van der Waals surface area contributed by atoms with Gasteiger partial charge in [0.25, 0.3) is 0 Å². The van der Waals surface area contributed by atoms with Crippen LogP contribution in [0.25, 0.3) is 0 Å². The van der Waals surface area contributed by atoms with Gasteiger partial charge in [-0.2, -0.15) is 0 Å². The second-order valence-electron chi connectivity index (χ2n) is 5.82. The second-order valence-corrected chi connectivity index (χ2v) is 5.82. The van der Waals surface area contributed by atoms with Crippen LogP contribution in [0.5, 0.6) is 0 Å². The molecule has 0 atom stereocenters. The molecule has 0 bridgehead atoms. The van der Waals surface area contributed by atoms with Crippen LogP contribution in [0.4, 0.5) is 4.79 Å². The summed E-state index contributed by atoms with van der Waals surface area (Å²) >= 11 is 0. The Morgan fingerprint density at radius 1 is 1.05 bits per heavy atom. The highest BCUT2D eigenvalue weighted by Gasteiger charge is 2.32. The lowest BCUT2D eigenvalue weighted by atomic mass is 10.2. The standard InChI is InChI=1S/C16H21N3O2/c20-15(14-6-7-14)17-16(21)19-10-8-18(9-11-19)12-13-4-2-1-3-5-13/h1-5,14H,6-12H2,(H,17,20,21). The molecule has 5 nitrogen and oxygen atoms in total. The zero-order valence-electron chi connectivity index (χ0n) is 12.1. The Balaban J connectivity index is 1.44. The molecule has 0 aromatic heterocycles. The van der Waals surface area contributed by atoms with Gasteiger partial charge in [-0.3, -0.25) is 15.0 Å². The summed E-state index contributed by atoms with van der Waals surface area (Å²) in [4.78, 5) is 27.6. The Morgan fingerprint density at radius 3 is 2.33 bits per heavy atom. The van der Waals surface area contributed by atoms with Crippen LogP contribution in [0.3, 0.4) is 0 Å². The topological polar surface area (TPSA) is 52.7 Å². The van der Waals surface area contributed by atoms with Gasteiger partial charge in [0.1, 0.15) is 0 Å². The molecule has 3 rings (SSSR count). The molecule has 0 unspecified atom stereocenters. The Bertz CT molecular complexity index is 506. The Morgan fingerprint density at radius 2 is 1.71 bits per heavy atom. The largest absolute Gasteiger partial charge is 0.324 e. The molecule has 1 aromatic carbocycles. The van der Waals surface area contributed by atoms with Crippen molar-refractivity contribution in [3.05, 3.63) is 35.9 Å². The van der Waals surface area contributed by atoms with Gasteiger partial charge in [-0.25, -0.2) is 4.79 Å². The number of carbonyl (C=O) groups is 2. The molecule has 112 valence electrons. The minimum atomic E-state index is -0.230. The maximum absolute atomic E-state index is 12.0. The van der Waals surface area contributed by atoms with E-state index >= 15 is 0 Å². The highest BCUT2D eigenvalue weighted by atomic mass is 16.2. The normalized spacial score (nSPS) is 19.3. The summed E-state index contributed by atoms with van der Waals surface area (Å²) in [5.41, 5.74) is 1.29. The number of imide groups is 1. The van der Waals surface area contributed by atoms with Gasteiger partial charge in [0.05, 0.1) is 0 Å². The molecule has 1 saturated heterocycles. The molecular formula is C16H21N3O2. The molecule has 21 heavy (non-hydrogen) atoms. The van der Waals surface area contributed by atoms with Gasteiger partial charge in [-0.1, -0.05) is 30.3 Å². The molecule has 1 N–H and O–H groups in total. The van der Waals surface area contributed by atoms with Gasteiger partial charge < -0.3 is 4.90 Å². The summed E-state index contributed by atoms with van der Waals surface area (Å²) in [6, 6.07) is 10.1. The van der Waals surface area contributed by atoms with Crippen LogP contribution in [0, 0.1) is 5.92 Å². The van der Waals surface area contributed by atoms with Crippen molar-refractivity contribution < 1.29 is 9.59 Å². The first-order valence-electron chi connectivity index (χ1n) is 7.58. The number of carbonyl (C=O) groups excluding carboxylic acids is 2. The molecule has 0 radical (unpaired) electrons. The van der Waals surface area contributed by atoms with E-state index < -0.39 is 0 Å². The van der Waals surface area contributed by atoms with E-state index in [1.54, 1.807) is 4.90 Å². The maximum atomic E-state index is 12.0. The third-order valence-electron chi connectivity index (χ3n) is 4.09. The summed E-state index contributed by atoms with van der Waals surface area (Å²) in [6.07, 6.45) is 1.84. The van der Waals surface area contributed by atoms with Gasteiger partial charge in [-0.05, 0) is 18.4 Å². The molecule has 1 saturated carbocycles. The minimum Gasteiger partial charge on any atom is -0.322 e. The molecule has 0 spiro atoms. The summed E-state index contributed by atoms with van der Waals surface area (Å²) < 4.78 is 0. The fraction of sp³-hybridized carbons (Fsp3) is 0.500. The molecule has 5 heteroatoms. The van der Waals surface area contributed by atoms with Gasteiger partial charge >= 0.3 is 6.03 Å². The highest BCUT2D eigenvalue weighted by Crippen LogP contribution is 2.28. The Hall–Kier alpha value is -1.88. The minimum absolute atomic E-state index is 0.0771.